The SMILES string of the molecule is CC(Sc1nnc(-c2ccc(Cl)cc2)n1Cc1ccco1)C(=O)Nc1ncccn1. The molecule has 1 aromatic carbocycles. The molecule has 1 amide bonds. The molecule has 30 heavy (non-hydrogen) atoms. The second-order valence-corrected chi connectivity index (χ2v) is 8.04. The van der Waals surface area contributed by atoms with Crippen LogP contribution in [0.3, 0.4) is 0 Å². The van der Waals surface area contributed by atoms with Crippen molar-refractivity contribution in [3.8, 4) is 11.4 Å². The number of hydrogen-bond acceptors (Lipinski definition) is 7. The Labute approximate surface area is 181 Å². The van der Waals surface area contributed by atoms with E-state index in [0.29, 0.717) is 22.5 Å². The van der Waals surface area contributed by atoms with Crippen molar-refractivity contribution in [1.29, 1.82) is 0 Å². The lowest BCUT2D eigenvalue weighted by Gasteiger charge is -2.12. The number of hydrogen-bond donors (Lipinski definition) is 1. The van der Waals surface area contributed by atoms with E-state index in [1.165, 1.54) is 11.8 Å². The first kappa shape index (κ1) is 20.1. The average molecular weight is 441 g/mol. The number of carbonyl (C=O) groups is 1. The van der Waals surface area contributed by atoms with Crippen LogP contribution in [-0.2, 0) is 11.3 Å². The lowest BCUT2D eigenvalue weighted by Crippen LogP contribution is -2.24. The summed E-state index contributed by atoms with van der Waals surface area (Å²) in [6, 6.07) is 12.7. The minimum absolute atomic E-state index is 0.230. The number of halogens is 1. The number of aromatic nitrogens is 5. The molecule has 10 heteroatoms. The summed E-state index contributed by atoms with van der Waals surface area (Å²) < 4.78 is 7.41. The first-order valence-electron chi connectivity index (χ1n) is 9.06. The van der Waals surface area contributed by atoms with Crippen LogP contribution < -0.4 is 5.32 Å². The number of benzene rings is 1. The Morgan fingerprint density at radius 2 is 1.93 bits per heavy atom. The van der Waals surface area contributed by atoms with E-state index >= 15 is 0 Å². The summed E-state index contributed by atoms with van der Waals surface area (Å²) in [7, 11) is 0. The molecule has 0 fully saturated rings. The summed E-state index contributed by atoms with van der Waals surface area (Å²) in [5, 5.41) is 12.1. The highest BCUT2D eigenvalue weighted by molar-refractivity contribution is 8.00. The van der Waals surface area contributed by atoms with Gasteiger partial charge in [-0.2, -0.15) is 0 Å². The summed E-state index contributed by atoms with van der Waals surface area (Å²) in [4.78, 5) is 20.6. The van der Waals surface area contributed by atoms with Crippen molar-refractivity contribution in [2.24, 2.45) is 0 Å². The van der Waals surface area contributed by atoms with Crippen molar-refractivity contribution in [2.75, 3.05) is 5.32 Å². The van der Waals surface area contributed by atoms with Gasteiger partial charge in [-0.25, -0.2) is 9.97 Å². The van der Waals surface area contributed by atoms with Crippen LogP contribution >= 0.6 is 23.4 Å². The van der Waals surface area contributed by atoms with Gasteiger partial charge >= 0.3 is 0 Å². The predicted octanol–water partition coefficient (Wildman–Crippen LogP) is 4.15. The smallest absolute Gasteiger partial charge is 0.240 e. The van der Waals surface area contributed by atoms with E-state index in [1.807, 2.05) is 28.8 Å². The largest absolute Gasteiger partial charge is 0.467 e. The van der Waals surface area contributed by atoms with Crippen molar-refractivity contribution in [3.05, 3.63) is 71.9 Å². The lowest BCUT2D eigenvalue weighted by atomic mass is 10.2. The molecular formula is C20H17ClN6O2S. The van der Waals surface area contributed by atoms with Crippen LogP contribution in [0.4, 0.5) is 5.95 Å². The van der Waals surface area contributed by atoms with E-state index in [2.05, 4.69) is 25.5 Å². The van der Waals surface area contributed by atoms with Crippen LogP contribution in [0.1, 0.15) is 12.7 Å². The first-order chi connectivity index (χ1) is 14.6. The van der Waals surface area contributed by atoms with Gasteiger partial charge in [0.05, 0.1) is 18.1 Å². The molecule has 1 atom stereocenters. The normalized spacial score (nSPS) is 11.9. The third-order valence-electron chi connectivity index (χ3n) is 4.17. The fraction of sp³-hybridized carbons (Fsp3) is 0.150. The van der Waals surface area contributed by atoms with Crippen LogP contribution in [0.15, 0.2) is 70.7 Å². The van der Waals surface area contributed by atoms with Gasteiger partial charge in [0.2, 0.25) is 11.9 Å². The molecule has 0 aliphatic carbocycles. The summed E-state index contributed by atoms with van der Waals surface area (Å²) in [6.45, 7) is 2.22. The molecule has 0 radical (unpaired) electrons. The zero-order chi connectivity index (χ0) is 20.9. The summed E-state index contributed by atoms with van der Waals surface area (Å²) in [5.74, 6) is 1.44. The minimum atomic E-state index is -0.452. The first-order valence-corrected chi connectivity index (χ1v) is 10.3. The van der Waals surface area contributed by atoms with Crippen molar-refractivity contribution in [1.82, 2.24) is 24.7 Å². The van der Waals surface area contributed by atoms with Gasteiger partial charge in [-0.1, -0.05) is 23.4 Å². The van der Waals surface area contributed by atoms with Gasteiger partial charge in [0.25, 0.3) is 0 Å². The highest BCUT2D eigenvalue weighted by atomic mass is 35.5. The lowest BCUT2D eigenvalue weighted by molar-refractivity contribution is -0.115. The molecule has 1 unspecified atom stereocenters. The summed E-state index contributed by atoms with van der Waals surface area (Å²) >= 11 is 7.30. The van der Waals surface area contributed by atoms with E-state index in [4.69, 9.17) is 16.0 Å². The number of anilines is 1. The number of furan rings is 1. The minimum Gasteiger partial charge on any atom is -0.467 e. The maximum absolute atomic E-state index is 12.6. The van der Waals surface area contributed by atoms with Crippen molar-refractivity contribution < 1.29 is 9.21 Å². The molecule has 1 N–H and O–H groups in total. The molecule has 4 aromatic rings. The molecule has 3 heterocycles. The fourth-order valence-corrected chi connectivity index (χ4v) is 3.65. The zero-order valence-electron chi connectivity index (χ0n) is 15.9. The van der Waals surface area contributed by atoms with Gasteiger partial charge in [0, 0.05) is 23.0 Å². The van der Waals surface area contributed by atoms with Crippen molar-refractivity contribution in [2.45, 2.75) is 23.9 Å². The summed E-state index contributed by atoms with van der Waals surface area (Å²) in [5.41, 5.74) is 0.861. The second-order valence-electron chi connectivity index (χ2n) is 6.30. The fourth-order valence-electron chi connectivity index (χ4n) is 2.68. The third kappa shape index (κ3) is 4.69. The molecule has 3 aromatic heterocycles. The molecule has 0 aliphatic heterocycles. The van der Waals surface area contributed by atoms with Crippen LogP contribution in [0, 0.1) is 0 Å². The van der Waals surface area contributed by atoms with Crippen LogP contribution in [-0.4, -0.2) is 35.9 Å². The van der Waals surface area contributed by atoms with E-state index in [1.54, 1.807) is 43.8 Å². The van der Waals surface area contributed by atoms with Gasteiger partial charge < -0.3 is 4.42 Å². The number of carbonyl (C=O) groups excluding carboxylic acids is 1. The number of amides is 1. The maximum atomic E-state index is 12.6. The van der Waals surface area contributed by atoms with Crippen molar-refractivity contribution >= 4 is 35.2 Å². The standard InChI is InChI=1S/C20H17ClN6O2S/c1-13(18(28)24-19-22-9-3-10-23-19)30-20-26-25-17(14-5-7-15(21)8-6-14)27(20)12-16-4-2-11-29-16/h2-11,13H,12H2,1H3,(H,22,23,24,28). The molecule has 0 bridgehead atoms. The predicted molar refractivity (Wildman–Crippen MR) is 114 cm³/mol. The number of nitrogens with zero attached hydrogens (tertiary/aromatic N) is 5. The van der Waals surface area contributed by atoms with Crippen LogP contribution in [0.5, 0.6) is 0 Å². The molecule has 0 saturated heterocycles. The van der Waals surface area contributed by atoms with Crippen LogP contribution in [0.25, 0.3) is 11.4 Å². The second kappa shape index (κ2) is 9.10. The third-order valence-corrected chi connectivity index (χ3v) is 5.50. The topological polar surface area (TPSA) is 98.7 Å². The van der Waals surface area contributed by atoms with Crippen LogP contribution in [0.2, 0.25) is 5.02 Å². The Balaban J connectivity index is 1.58. The molecule has 0 spiro atoms. The van der Waals surface area contributed by atoms with E-state index in [0.717, 1.165) is 11.3 Å². The molecule has 0 saturated carbocycles. The Morgan fingerprint density at radius 1 is 1.17 bits per heavy atom. The van der Waals surface area contributed by atoms with Gasteiger partial charge in [0.15, 0.2) is 11.0 Å². The molecule has 4 rings (SSSR count). The Bertz CT molecular complexity index is 1120. The highest BCUT2D eigenvalue weighted by Gasteiger charge is 2.22. The molecular weight excluding hydrogens is 424 g/mol. The quantitative estimate of drug-likeness (QED) is 0.431. The van der Waals surface area contributed by atoms with Gasteiger partial charge in [-0.3, -0.25) is 14.7 Å². The molecule has 152 valence electrons. The summed E-state index contributed by atoms with van der Waals surface area (Å²) in [6.07, 6.45) is 4.75. The Morgan fingerprint density at radius 3 is 2.63 bits per heavy atom. The number of thioether (sulfide) groups is 1. The Kier molecular flexibility index (Phi) is 6.10. The Hall–Kier alpha value is -3.17. The molecule has 0 aliphatic rings. The molecule has 8 nitrogen and oxygen atoms in total. The van der Waals surface area contributed by atoms with Crippen molar-refractivity contribution in [3.63, 3.8) is 0 Å². The zero-order valence-corrected chi connectivity index (χ0v) is 17.5. The number of nitrogens with one attached hydrogen (secondary N) is 1. The van der Waals surface area contributed by atoms with Gasteiger partial charge in [0.1, 0.15) is 5.76 Å². The van der Waals surface area contributed by atoms with Gasteiger partial charge in [-0.05, 0) is 49.4 Å². The van der Waals surface area contributed by atoms with E-state index in [-0.39, 0.29) is 11.9 Å². The highest BCUT2D eigenvalue weighted by Crippen LogP contribution is 2.29. The number of rotatable bonds is 7. The van der Waals surface area contributed by atoms with E-state index in [9.17, 15) is 4.79 Å². The van der Waals surface area contributed by atoms with Gasteiger partial charge in [-0.15, -0.1) is 10.2 Å². The monoisotopic (exact) mass is 440 g/mol. The maximum Gasteiger partial charge on any atom is 0.240 e. The van der Waals surface area contributed by atoms with E-state index < -0.39 is 5.25 Å². The average Bonchev–Trinajstić information content (AvgIpc) is 3.40.